The molecule has 22 heavy (non-hydrogen) atoms. The molecular weight excluding hydrogens is 274 g/mol. The number of nitrogens with one attached hydrogen (secondary N) is 1. The predicted octanol–water partition coefficient (Wildman–Crippen LogP) is 2.24. The molecule has 5 heteroatoms. The zero-order valence-corrected chi connectivity index (χ0v) is 13.3. The molecule has 1 fully saturated rings. The van der Waals surface area contributed by atoms with Gasteiger partial charge in [0.05, 0.1) is 6.20 Å². The summed E-state index contributed by atoms with van der Waals surface area (Å²) in [6.45, 7) is 6.41. The highest BCUT2D eigenvalue weighted by atomic mass is 15.4. The van der Waals surface area contributed by atoms with Gasteiger partial charge in [-0.2, -0.15) is 0 Å². The fourth-order valence-corrected chi connectivity index (χ4v) is 3.00. The van der Waals surface area contributed by atoms with Gasteiger partial charge in [-0.05, 0) is 44.9 Å². The molecular formula is C17H25N5. The summed E-state index contributed by atoms with van der Waals surface area (Å²) < 4.78 is 1.89. The SMILES string of the molecule is Cc1ccc(N2CCC(NCCCn3ccnn3)CC2)cc1. The average molecular weight is 299 g/mol. The molecule has 0 spiro atoms. The Morgan fingerprint density at radius 2 is 1.95 bits per heavy atom. The van der Waals surface area contributed by atoms with Crippen LogP contribution in [0.2, 0.25) is 0 Å². The summed E-state index contributed by atoms with van der Waals surface area (Å²) in [6, 6.07) is 9.52. The van der Waals surface area contributed by atoms with E-state index in [0.717, 1.165) is 32.6 Å². The van der Waals surface area contributed by atoms with Crippen molar-refractivity contribution in [1.29, 1.82) is 0 Å². The highest BCUT2D eigenvalue weighted by molar-refractivity contribution is 5.47. The number of aromatic nitrogens is 3. The van der Waals surface area contributed by atoms with E-state index < -0.39 is 0 Å². The van der Waals surface area contributed by atoms with E-state index in [9.17, 15) is 0 Å². The zero-order chi connectivity index (χ0) is 15.2. The van der Waals surface area contributed by atoms with Crippen molar-refractivity contribution in [3.05, 3.63) is 42.2 Å². The second-order valence-corrected chi connectivity index (χ2v) is 6.07. The second kappa shape index (κ2) is 7.40. The Morgan fingerprint density at radius 3 is 2.64 bits per heavy atom. The lowest BCUT2D eigenvalue weighted by atomic mass is 10.0. The highest BCUT2D eigenvalue weighted by Gasteiger charge is 2.18. The van der Waals surface area contributed by atoms with Gasteiger partial charge in [0.2, 0.25) is 0 Å². The number of aryl methyl sites for hydroxylation is 2. The van der Waals surface area contributed by atoms with Crippen molar-refractivity contribution < 1.29 is 0 Å². The summed E-state index contributed by atoms with van der Waals surface area (Å²) in [7, 11) is 0. The Labute approximate surface area is 132 Å². The first-order valence-electron chi connectivity index (χ1n) is 8.20. The van der Waals surface area contributed by atoms with Crippen LogP contribution in [0.25, 0.3) is 0 Å². The number of hydrogen-bond donors (Lipinski definition) is 1. The summed E-state index contributed by atoms with van der Waals surface area (Å²) in [6.07, 6.45) is 7.18. The normalized spacial score (nSPS) is 16.1. The van der Waals surface area contributed by atoms with Crippen molar-refractivity contribution in [2.24, 2.45) is 0 Å². The lowest BCUT2D eigenvalue weighted by Gasteiger charge is -2.34. The van der Waals surface area contributed by atoms with E-state index in [1.165, 1.54) is 24.1 Å². The number of benzene rings is 1. The van der Waals surface area contributed by atoms with Crippen LogP contribution in [-0.4, -0.2) is 40.7 Å². The minimum atomic E-state index is 0.650. The molecule has 1 N–H and O–H groups in total. The van der Waals surface area contributed by atoms with E-state index in [2.05, 4.69) is 51.7 Å². The van der Waals surface area contributed by atoms with Gasteiger partial charge in [-0.25, -0.2) is 0 Å². The lowest BCUT2D eigenvalue weighted by molar-refractivity contribution is 0.403. The molecule has 0 unspecified atom stereocenters. The van der Waals surface area contributed by atoms with E-state index >= 15 is 0 Å². The van der Waals surface area contributed by atoms with Gasteiger partial charge in [-0.3, -0.25) is 4.68 Å². The molecule has 2 heterocycles. The average Bonchev–Trinajstić information content (AvgIpc) is 3.06. The van der Waals surface area contributed by atoms with E-state index in [4.69, 9.17) is 0 Å². The smallest absolute Gasteiger partial charge is 0.0692 e. The Balaban J connectivity index is 1.35. The standard InChI is InChI=1S/C17H25N5/c1-15-3-5-17(6-4-15)21-12-7-16(8-13-21)18-9-2-11-22-14-10-19-20-22/h3-6,10,14,16,18H,2,7-9,11-13H2,1H3. The minimum absolute atomic E-state index is 0.650. The number of nitrogens with zero attached hydrogens (tertiary/aromatic N) is 4. The van der Waals surface area contributed by atoms with Gasteiger partial charge >= 0.3 is 0 Å². The van der Waals surface area contributed by atoms with Crippen molar-refractivity contribution in [2.45, 2.75) is 38.8 Å². The Hall–Kier alpha value is -1.88. The number of rotatable bonds is 6. The third-order valence-corrected chi connectivity index (χ3v) is 4.36. The first kappa shape index (κ1) is 15.0. The molecule has 0 amide bonds. The fraction of sp³-hybridized carbons (Fsp3) is 0.529. The van der Waals surface area contributed by atoms with Gasteiger partial charge in [0.25, 0.3) is 0 Å². The summed E-state index contributed by atoms with van der Waals surface area (Å²) in [5.41, 5.74) is 2.68. The molecule has 1 aliphatic heterocycles. The first-order valence-corrected chi connectivity index (χ1v) is 8.20. The molecule has 0 radical (unpaired) electrons. The van der Waals surface area contributed by atoms with Gasteiger partial charge < -0.3 is 10.2 Å². The summed E-state index contributed by atoms with van der Waals surface area (Å²) in [4.78, 5) is 2.49. The molecule has 1 aromatic heterocycles. The molecule has 0 atom stereocenters. The Bertz CT molecular complexity index is 541. The van der Waals surface area contributed by atoms with E-state index in [1.807, 2.05) is 10.9 Å². The number of hydrogen-bond acceptors (Lipinski definition) is 4. The molecule has 118 valence electrons. The van der Waals surface area contributed by atoms with Crippen molar-refractivity contribution in [3.63, 3.8) is 0 Å². The van der Waals surface area contributed by atoms with Crippen LogP contribution in [0.5, 0.6) is 0 Å². The van der Waals surface area contributed by atoms with Crippen LogP contribution in [0.3, 0.4) is 0 Å². The summed E-state index contributed by atoms with van der Waals surface area (Å²) in [5, 5.41) is 11.5. The quantitative estimate of drug-likeness (QED) is 0.831. The third kappa shape index (κ3) is 4.07. The molecule has 1 saturated heterocycles. The maximum atomic E-state index is 3.98. The zero-order valence-electron chi connectivity index (χ0n) is 13.3. The minimum Gasteiger partial charge on any atom is -0.371 e. The lowest BCUT2D eigenvalue weighted by Crippen LogP contribution is -2.43. The van der Waals surface area contributed by atoms with Gasteiger partial charge in [0, 0.05) is 37.6 Å². The van der Waals surface area contributed by atoms with Crippen LogP contribution in [0, 0.1) is 6.92 Å². The predicted molar refractivity (Wildman–Crippen MR) is 89.1 cm³/mol. The first-order chi connectivity index (χ1) is 10.8. The fourth-order valence-electron chi connectivity index (χ4n) is 3.00. The molecule has 0 aliphatic carbocycles. The number of piperidine rings is 1. The van der Waals surface area contributed by atoms with Crippen LogP contribution >= 0.6 is 0 Å². The largest absolute Gasteiger partial charge is 0.371 e. The van der Waals surface area contributed by atoms with Crippen LogP contribution < -0.4 is 10.2 Å². The maximum Gasteiger partial charge on any atom is 0.0692 e. The van der Waals surface area contributed by atoms with Gasteiger partial charge in [-0.15, -0.1) is 5.10 Å². The van der Waals surface area contributed by atoms with Gasteiger partial charge in [0.1, 0.15) is 0 Å². The van der Waals surface area contributed by atoms with Crippen LogP contribution in [0.4, 0.5) is 5.69 Å². The summed E-state index contributed by atoms with van der Waals surface area (Å²) in [5.74, 6) is 0. The van der Waals surface area contributed by atoms with Crippen LogP contribution in [0.1, 0.15) is 24.8 Å². The van der Waals surface area contributed by atoms with Crippen LogP contribution in [-0.2, 0) is 6.54 Å². The molecule has 3 rings (SSSR count). The van der Waals surface area contributed by atoms with Crippen LogP contribution in [0.15, 0.2) is 36.7 Å². The third-order valence-electron chi connectivity index (χ3n) is 4.36. The van der Waals surface area contributed by atoms with Crippen molar-refractivity contribution in [3.8, 4) is 0 Å². The molecule has 1 aliphatic rings. The van der Waals surface area contributed by atoms with Gasteiger partial charge in [-0.1, -0.05) is 22.9 Å². The molecule has 0 saturated carbocycles. The summed E-state index contributed by atoms with van der Waals surface area (Å²) >= 11 is 0. The topological polar surface area (TPSA) is 46.0 Å². The van der Waals surface area contributed by atoms with E-state index in [1.54, 1.807) is 6.20 Å². The monoisotopic (exact) mass is 299 g/mol. The Morgan fingerprint density at radius 1 is 1.18 bits per heavy atom. The molecule has 2 aromatic rings. The molecule has 5 nitrogen and oxygen atoms in total. The van der Waals surface area contributed by atoms with Gasteiger partial charge in [0.15, 0.2) is 0 Å². The van der Waals surface area contributed by atoms with E-state index in [-0.39, 0.29) is 0 Å². The van der Waals surface area contributed by atoms with Crippen molar-refractivity contribution in [2.75, 3.05) is 24.5 Å². The number of anilines is 1. The van der Waals surface area contributed by atoms with Crippen molar-refractivity contribution in [1.82, 2.24) is 20.3 Å². The second-order valence-electron chi connectivity index (χ2n) is 6.07. The maximum absolute atomic E-state index is 3.98. The Kier molecular flexibility index (Phi) is 5.06. The van der Waals surface area contributed by atoms with E-state index in [0.29, 0.717) is 6.04 Å². The highest BCUT2D eigenvalue weighted by Crippen LogP contribution is 2.20. The molecule has 1 aromatic carbocycles. The molecule has 0 bridgehead atoms. The van der Waals surface area contributed by atoms with Crippen molar-refractivity contribution >= 4 is 5.69 Å².